The van der Waals surface area contributed by atoms with Crippen LogP contribution in [0.5, 0.6) is 0 Å². The summed E-state index contributed by atoms with van der Waals surface area (Å²) in [5.74, 6) is 0. The summed E-state index contributed by atoms with van der Waals surface area (Å²) in [6.07, 6.45) is 4.53. The van der Waals surface area contributed by atoms with Gasteiger partial charge in [0, 0.05) is 10.7 Å². The summed E-state index contributed by atoms with van der Waals surface area (Å²) >= 11 is 7.33. The molecule has 0 nitrogen and oxygen atoms in total. The van der Waals surface area contributed by atoms with Crippen molar-refractivity contribution in [2.45, 2.75) is 36.3 Å². The summed E-state index contributed by atoms with van der Waals surface area (Å²) in [6.45, 7) is 0. The van der Waals surface area contributed by atoms with Gasteiger partial charge >= 0.3 is 0 Å². The fraction of sp³-hybridized carbons (Fsp3) is 0.333. The van der Waals surface area contributed by atoms with Gasteiger partial charge < -0.3 is 0 Å². The smallest absolute Gasteiger partial charge is 0.0285 e. The molecule has 0 radical (unpaired) electrons. The summed E-state index contributed by atoms with van der Waals surface area (Å²) in [5, 5.41) is 1.90. The second-order valence-electron chi connectivity index (χ2n) is 5.48. The summed E-state index contributed by atoms with van der Waals surface area (Å²) in [4.78, 5) is 0. The van der Waals surface area contributed by atoms with E-state index < -0.39 is 0 Å². The van der Waals surface area contributed by atoms with Gasteiger partial charge in [-0.05, 0) is 59.1 Å². The highest BCUT2D eigenvalue weighted by Crippen LogP contribution is 2.26. The molecule has 20 heavy (non-hydrogen) atoms. The van der Waals surface area contributed by atoms with E-state index in [0.717, 1.165) is 36.3 Å². The molecule has 104 valence electrons. The Morgan fingerprint density at radius 1 is 0.700 bits per heavy atom. The molecular formula is C18H18Br2. The zero-order valence-electron chi connectivity index (χ0n) is 11.5. The van der Waals surface area contributed by atoms with Gasteiger partial charge in [-0.25, -0.2) is 0 Å². The van der Waals surface area contributed by atoms with Crippen LogP contribution in [0.3, 0.4) is 0 Å². The number of hydrogen-bond donors (Lipinski definition) is 0. The van der Waals surface area contributed by atoms with E-state index in [1.165, 1.54) is 33.4 Å². The Kier molecular flexibility index (Phi) is 4.62. The van der Waals surface area contributed by atoms with Gasteiger partial charge in [-0.3, -0.25) is 0 Å². The Labute approximate surface area is 137 Å². The second kappa shape index (κ2) is 6.44. The molecule has 0 saturated heterocycles. The van der Waals surface area contributed by atoms with Crippen molar-refractivity contribution in [1.29, 1.82) is 0 Å². The predicted molar refractivity (Wildman–Crippen MR) is 93.0 cm³/mol. The third-order valence-corrected chi connectivity index (χ3v) is 5.35. The third kappa shape index (κ3) is 3.01. The minimum atomic E-state index is 0.952. The maximum Gasteiger partial charge on any atom is 0.0285 e. The van der Waals surface area contributed by atoms with Crippen LogP contribution in [0.1, 0.15) is 33.4 Å². The number of aryl methyl sites for hydroxylation is 3. The fourth-order valence-corrected chi connectivity index (χ4v) is 4.07. The first-order chi connectivity index (χ1) is 9.80. The summed E-state index contributed by atoms with van der Waals surface area (Å²) in [5.41, 5.74) is 8.85. The summed E-state index contributed by atoms with van der Waals surface area (Å²) in [6, 6.07) is 13.9. The van der Waals surface area contributed by atoms with E-state index in [-0.39, 0.29) is 0 Å². The van der Waals surface area contributed by atoms with E-state index in [0.29, 0.717) is 0 Å². The van der Waals surface area contributed by atoms with Gasteiger partial charge in [0.25, 0.3) is 0 Å². The predicted octanol–water partition coefficient (Wildman–Crippen LogP) is 5.36. The normalized spacial score (nSPS) is 14.1. The first kappa shape index (κ1) is 14.3. The van der Waals surface area contributed by atoms with Crippen LogP contribution in [0.4, 0.5) is 0 Å². The molecular weight excluding hydrogens is 376 g/mol. The minimum Gasteiger partial charge on any atom is -0.0876 e. The zero-order valence-corrected chi connectivity index (χ0v) is 14.6. The SMILES string of the molecule is BrCc1cc2cc(CBr)c1CCc1cccc(c1)CC2. The average molecular weight is 394 g/mol. The molecule has 0 aliphatic heterocycles. The number of fused-ring (bicyclic) bond motifs is 4. The van der Waals surface area contributed by atoms with Crippen LogP contribution in [0.2, 0.25) is 0 Å². The quantitative estimate of drug-likeness (QED) is 0.602. The number of rotatable bonds is 2. The first-order valence-corrected chi connectivity index (χ1v) is 9.37. The van der Waals surface area contributed by atoms with E-state index >= 15 is 0 Å². The molecule has 4 rings (SSSR count). The lowest BCUT2D eigenvalue weighted by atomic mass is 9.94. The molecule has 2 aromatic rings. The van der Waals surface area contributed by atoms with E-state index in [4.69, 9.17) is 0 Å². The molecule has 2 heteroatoms. The molecule has 4 bridgehead atoms. The van der Waals surface area contributed by atoms with Crippen molar-refractivity contribution in [2.24, 2.45) is 0 Å². The van der Waals surface area contributed by atoms with E-state index in [1.807, 2.05) is 0 Å². The number of halogens is 2. The van der Waals surface area contributed by atoms with Crippen molar-refractivity contribution in [3.8, 4) is 0 Å². The monoisotopic (exact) mass is 392 g/mol. The molecule has 0 amide bonds. The lowest BCUT2D eigenvalue weighted by molar-refractivity contribution is 0.933. The number of alkyl halides is 2. The molecule has 0 aromatic heterocycles. The van der Waals surface area contributed by atoms with Crippen molar-refractivity contribution in [3.63, 3.8) is 0 Å². The molecule has 0 saturated carbocycles. The highest BCUT2D eigenvalue weighted by Gasteiger charge is 2.12. The van der Waals surface area contributed by atoms with E-state index in [1.54, 1.807) is 0 Å². The van der Waals surface area contributed by atoms with Crippen LogP contribution >= 0.6 is 31.9 Å². The first-order valence-electron chi connectivity index (χ1n) is 7.13. The molecule has 0 spiro atoms. The fourth-order valence-electron chi connectivity index (χ4n) is 3.07. The lowest BCUT2D eigenvalue weighted by Gasteiger charge is -2.14. The van der Waals surface area contributed by atoms with Gasteiger partial charge in [-0.1, -0.05) is 68.3 Å². The summed E-state index contributed by atoms with van der Waals surface area (Å²) < 4.78 is 0. The van der Waals surface area contributed by atoms with Gasteiger partial charge in [0.1, 0.15) is 0 Å². The van der Waals surface area contributed by atoms with Crippen molar-refractivity contribution >= 4 is 31.9 Å². The largest absolute Gasteiger partial charge is 0.0876 e. The topological polar surface area (TPSA) is 0 Å². The molecule has 2 aliphatic rings. The van der Waals surface area contributed by atoms with Gasteiger partial charge in [0.2, 0.25) is 0 Å². The molecule has 0 atom stereocenters. The van der Waals surface area contributed by atoms with Gasteiger partial charge in [-0.2, -0.15) is 0 Å². The highest BCUT2D eigenvalue weighted by molar-refractivity contribution is 9.08. The number of benzene rings is 2. The Bertz CT molecular complexity index is 592. The highest BCUT2D eigenvalue weighted by atomic mass is 79.9. The Morgan fingerprint density at radius 2 is 1.25 bits per heavy atom. The van der Waals surface area contributed by atoms with Crippen LogP contribution in [0, 0.1) is 0 Å². The Balaban J connectivity index is 2.08. The molecule has 0 unspecified atom stereocenters. The van der Waals surface area contributed by atoms with Gasteiger partial charge in [-0.15, -0.1) is 0 Å². The average Bonchev–Trinajstić information content (AvgIpc) is 2.53. The molecule has 0 fully saturated rings. The van der Waals surface area contributed by atoms with Crippen molar-refractivity contribution in [3.05, 3.63) is 69.8 Å². The second-order valence-corrected chi connectivity index (χ2v) is 6.60. The van der Waals surface area contributed by atoms with E-state index in [9.17, 15) is 0 Å². The Hall–Kier alpha value is -0.600. The lowest BCUT2D eigenvalue weighted by Crippen LogP contribution is -2.02. The Morgan fingerprint density at radius 3 is 1.85 bits per heavy atom. The maximum atomic E-state index is 3.67. The van der Waals surface area contributed by atoms with Crippen LogP contribution in [0.15, 0.2) is 36.4 Å². The van der Waals surface area contributed by atoms with Crippen LogP contribution in [-0.4, -0.2) is 0 Å². The van der Waals surface area contributed by atoms with Crippen molar-refractivity contribution in [1.82, 2.24) is 0 Å². The van der Waals surface area contributed by atoms with Crippen LogP contribution < -0.4 is 0 Å². The van der Waals surface area contributed by atoms with E-state index in [2.05, 4.69) is 68.3 Å². The van der Waals surface area contributed by atoms with Gasteiger partial charge in [0.15, 0.2) is 0 Å². The van der Waals surface area contributed by atoms with Crippen molar-refractivity contribution < 1.29 is 0 Å². The summed E-state index contributed by atoms with van der Waals surface area (Å²) in [7, 11) is 0. The maximum absolute atomic E-state index is 3.67. The molecule has 2 aromatic carbocycles. The molecule has 2 aliphatic carbocycles. The third-order valence-electron chi connectivity index (χ3n) is 4.14. The van der Waals surface area contributed by atoms with Crippen molar-refractivity contribution in [2.75, 3.05) is 0 Å². The standard InChI is InChI=1S/C18H18Br2/c19-11-16-9-15-5-4-13-2-1-3-14(8-13)6-7-18(16)17(10-15)12-20/h1-3,8-10H,4-7,11-12H2. The molecule has 0 N–H and O–H groups in total. The molecule has 0 heterocycles. The van der Waals surface area contributed by atoms with Crippen LogP contribution in [-0.2, 0) is 36.3 Å². The van der Waals surface area contributed by atoms with Gasteiger partial charge in [0.05, 0.1) is 0 Å². The minimum absolute atomic E-state index is 0.952. The zero-order chi connectivity index (χ0) is 13.9. The van der Waals surface area contributed by atoms with Crippen LogP contribution in [0.25, 0.3) is 0 Å². The number of hydrogen-bond acceptors (Lipinski definition) is 0.